The first-order valence-electron chi connectivity index (χ1n) is 5.91. The van der Waals surface area contributed by atoms with Crippen molar-refractivity contribution in [3.63, 3.8) is 0 Å². The van der Waals surface area contributed by atoms with E-state index in [0.29, 0.717) is 0 Å². The third-order valence-electron chi connectivity index (χ3n) is 3.72. The summed E-state index contributed by atoms with van der Waals surface area (Å²) in [6.45, 7) is 7.88. The number of halogens is 1. The van der Waals surface area contributed by atoms with Crippen molar-refractivity contribution in [1.82, 2.24) is 0 Å². The van der Waals surface area contributed by atoms with Gasteiger partial charge in [-0.25, -0.2) is 0 Å². The Labute approximate surface area is 114 Å². The standard InChI is InChI=1S/C14H20NO.BrH/c1-11-14(2,3)12-7-4-5-8-13(12)15(11)9-6-10-16;/h4-5,7-8,16H,6,9-10H2,1-3H3;1H/q+1;/p-1. The van der Waals surface area contributed by atoms with Crippen LogP contribution >= 0.6 is 0 Å². The number of aliphatic hydroxyl groups excluding tert-OH is 1. The van der Waals surface area contributed by atoms with Crippen LogP contribution in [-0.2, 0) is 5.41 Å². The summed E-state index contributed by atoms with van der Waals surface area (Å²) in [5.41, 5.74) is 4.19. The minimum Gasteiger partial charge on any atom is -1.00 e. The highest BCUT2D eigenvalue weighted by Crippen LogP contribution is 2.38. The van der Waals surface area contributed by atoms with Gasteiger partial charge >= 0.3 is 0 Å². The molecule has 0 unspecified atom stereocenters. The lowest BCUT2D eigenvalue weighted by atomic mass is 9.82. The molecule has 94 valence electrons. The second-order valence-corrected chi connectivity index (χ2v) is 4.96. The van der Waals surface area contributed by atoms with E-state index >= 15 is 0 Å². The third kappa shape index (κ3) is 2.31. The molecule has 1 aliphatic rings. The Morgan fingerprint density at radius 1 is 1.24 bits per heavy atom. The van der Waals surface area contributed by atoms with Gasteiger partial charge in [0.25, 0.3) is 0 Å². The first-order chi connectivity index (χ1) is 7.59. The molecule has 0 saturated carbocycles. The summed E-state index contributed by atoms with van der Waals surface area (Å²) in [7, 11) is 0. The molecule has 1 aliphatic heterocycles. The fourth-order valence-corrected chi connectivity index (χ4v) is 2.47. The van der Waals surface area contributed by atoms with Gasteiger partial charge < -0.3 is 22.1 Å². The normalized spacial score (nSPS) is 16.7. The molecule has 0 aromatic heterocycles. The molecule has 1 heterocycles. The van der Waals surface area contributed by atoms with Gasteiger partial charge in [-0.2, -0.15) is 4.58 Å². The smallest absolute Gasteiger partial charge is 0.209 e. The van der Waals surface area contributed by atoms with Crippen LogP contribution in [0.1, 0.15) is 32.8 Å². The largest absolute Gasteiger partial charge is 1.00 e. The number of hydrogen-bond donors (Lipinski definition) is 1. The van der Waals surface area contributed by atoms with Gasteiger partial charge in [-0.05, 0) is 13.8 Å². The lowest BCUT2D eigenvalue weighted by Crippen LogP contribution is -3.00. The molecule has 0 saturated heterocycles. The molecule has 0 amide bonds. The molecule has 0 bridgehead atoms. The lowest BCUT2D eigenvalue weighted by Gasteiger charge is -2.14. The number of benzene rings is 1. The summed E-state index contributed by atoms with van der Waals surface area (Å²) in [5, 5.41) is 8.96. The number of nitrogens with zero attached hydrogens (tertiary/aromatic N) is 1. The summed E-state index contributed by atoms with van der Waals surface area (Å²) in [4.78, 5) is 0. The van der Waals surface area contributed by atoms with Gasteiger partial charge in [-0.3, -0.25) is 0 Å². The molecule has 2 rings (SSSR count). The van der Waals surface area contributed by atoms with E-state index in [1.54, 1.807) is 0 Å². The molecule has 0 atom stereocenters. The zero-order valence-corrected chi connectivity index (χ0v) is 12.3. The zero-order chi connectivity index (χ0) is 11.8. The molecule has 0 aliphatic carbocycles. The fraction of sp³-hybridized carbons (Fsp3) is 0.500. The van der Waals surface area contributed by atoms with Crippen LogP contribution < -0.4 is 17.0 Å². The van der Waals surface area contributed by atoms with Crippen LogP contribution in [0.2, 0.25) is 0 Å². The monoisotopic (exact) mass is 297 g/mol. The van der Waals surface area contributed by atoms with Crippen LogP contribution in [0.4, 0.5) is 5.69 Å². The predicted molar refractivity (Wildman–Crippen MR) is 66.6 cm³/mol. The lowest BCUT2D eigenvalue weighted by molar-refractivity contribution is -0.440. The Kier molecular flexibility index (Phi) is 4.50. The van der Waals surface area contributed by atoms with Gasteiger partial charge in [0.1, 0.15) is 0 Å². The Morgan fingerprint density at radius 3 is 2.53 bits per heavy atom. The topological polar surface area (TPSA) is 23.2 Å². The quantitative estimate of drug-likeness (QED) is 0.745. The third-order valence-corrected chi connectivity index (χ3v) is 3.72. The van der Waals surface area contributed by atoms with Gasteiger partial charge in [-0.1, -0.05) is 18.2 Å². The molecule has 1 aromatic carbocycles. The van der Waals surface area contributed by atoms with Crippen molar-refractivity contribution in [3.05, 3.63) is 29.8 Å². The molecular weight excluding hydrogens is 278 g/mol. The van der Waals surface area contributed by atoms with Crippen LogP contribution in [0.5, 0.6) is 0 Å². The van der Waals surface area contributed by atoms with Crippen molar-refractivity contribution < 1.29 is 26.7 Å². The number of hydrogen-bond acceptors (Lipinski definition) is 1. The summed E-state index contributed by atoms with van der Waals surface area (Å²) >= 11 is 0. The van der Waals surface area contributed by atoms with Crippen LogP contribution in [0, 0.1) is 0 Å². The van der Waals surface area contributed by atoms with Crippen molar-refractivity contribution in [2.75, 3.05) is 13.2 Å². The summed E-state index contributed by atoms with van der Waals surface area (Å²) < 4.78 is 2.34. The molecular formula is C14H20BrNO. The summed E-state index contributed by atoms with van der Waals surface area (Å²) in [5.74, 6) is 0. The maximum atomic E-state index is 8.96. The van der Waals surface area contributed by atoms with Crippen LogP contribution in [0.15, 0.2) is 24.3 Å². The number of para-hydroxylation sites is 1. The zero-order valence-electron chi connectivity index (χ0n) is 10.7. The first-order valence-corrected chi connectivity index (χ1v) is 5.91. The second kappa shape index (κ2) is 5.32. The van der Waals surface area contributed by atoms with Crippen LogP contribution in [0.3, 0.4) is 0 Å². The van der Waals surface area contributed by atoms with Gasteiger partial charge in [0, 0.05) is 31.6 Å². The number of rotatable bonds is 3. The predicted octanol–water partition coefficient (Wildman–Crippen LogP) is -0.531. The molecule has 3 heteroatoms. The van der Waals surface area contributed by atoms with E-state index in [9.17, 15) is 0 Å². The maximum absolute atomic E-state index is 8.96. The van der Waals surface area contributed by atoms with Crippen molar-refractivity contribution in [3.8, 4) is 0 Å². The average Bonchev–Trinajstić information content (AvgIpc) is 2.47. The molecule has 0 fully saturated rings. The van der Waals surface area contributed by atoms with Crippen molar-refractivity contribution in [1.29, 1.82) is 0 Å². The maximum Gasteiger partial charge on any atom is 0.209 e. The highest BCUT2D eigenvalue weighted by atomic mass is 79.9. The Bertz CT molecular complexity index is 438. The average molecular weight is 298 g/mol. The first kappa shape index (κ1) is 14.4. The molecule has 1 aromatic rings. The van der Waals surface area contributed by atoms with Gasteiger partial charge in [0.05, 0.1) is 5.41 Å². The molecule has 2 nitrogen and oxygen atoms in total. The van der Waals surface area contributed by atoms with Crippen molar-refractivity contribution in [2.24, 2.45) is 0 Å². The fourth-order valence-electron chi connectivity index (χ4n) is 2.47. The van der Waals surface area contributed by atoms with Crippen LogP contribution in [-0.4, -0.2) is 28.5 Å². The Morgan fingerprint density at radius 2 is 1.88 bits per heavy atom. The second-order valence-electron chi connectivity index (χ2n) is 4.96. The van der Waals surface area contributed by atoms with E-state index in [4.69, 9.17) is 5.11 Å². The van der Waals surface area contributed by atoms with E-state index in [1.165, 1.54) is 17.0 Å². The number of aliphatic hydroxyl groups is 1. The van der Waals surface area contributed by atoms with Crippen molar-refractivity contribution in [2.45, 2.75) is 32.6 Å². The Balaban J connectivity index is 0.00000144. The minimum atomic E-state index is 0. The molecule has 17 heavy (non-hydrogen) atoms. The van der Waals surface area contributed by atoms with Gasteiger partial charge in [0.15, 0.2) is 12.3 Å². The summed E-state index contributed by atoms with van der Waals surface area (Å²) in [6, 6.07) is 8.56. The van der Waals surface area contributed by atoms with E-state index in [2.05, 4.69) is 49.6 Å². The van der Waals surface area contributed by atoms with Gasteiger partial charge in [0.2, 0.25) is 5.69 Å². The van der Waals surface area contributed by atoms with E-state index in [-0.39, 0.29) is 29.0 Å². The van der Waals surface area contributed by atoms with Crippen LogP contribution in [0.25, 0.3) is 0 Å². The summed E-state index contributed by atoms with van der Waals surface area (Å²) in [6.07, 6.45) is 0.821. The molecule has 0 spiro atoms. The minimum absolute atomic E-state index is 0. The molecule has 0 radical (unpaired) electrons. The van der Waals surface area contributed by atoms with E-state index < -0.39 is 0 Å². The Hall–Kier alpha value is -0.670. The van der Waals surface area contributed by atoms with E-state index in [0.717, 1.165) is 13.0 Å². The van der Waals surface area contributed by atoms with Gasteiger partial charge in [-0.15, -0.1) is 0 Å². The SMILES string of the molecule is CC1=[N+](CCCO)c2ccccc2C1(C)C.[Br-]. The molecule has 1 N–H and O–H groups in total. The highest BCUT2D eigenvalue weighted by molar-refractivity contribution is 5.93. The van der Waals surface area contributed by atoms with Crippen molar-refractivity contribution >= 4 is 11.4 Å². The number of fused-ring (bicyclic) bond motifs is 1. The van der Waals surface area contributed by atoms with E-state index in [1.807, 2.05) is 0 Å². The highest BCUT2D eigenvalue weighted by Gasteiger charge is 2.42.